The molecule has 6 heteroatoms. The molecular weight excluding hydrogens is 709 g/mol. The summed E-state index contributed by atoms with van der Waals surface area (Å²) in [6.45, 7) is 8.98. The zero-order valence-electron chi connectivity index (χ0n) is 38.8. The number of hydrogen-bond acceptors (Lipinski definition) is 6. The van der Waals surface area contributed by atoms with E-state index >= 15 is 0 Å². The van der Waals surface area contributed by atoms with Gasteiger partial charge in [-0.15, -0.1) is 0 Å². The van der Waals surface area contributed by atoms with Crippen LogP contribution in [-0.2, 0) is 28.6 Å². The fourth-order valence-electron chi connectivity index (χ4n) is 7.69. The van der Waals surface area contributed by atoms with Crippen molar-refractivity contribution in [2.24, 2.45) is 5.92 Å². The minimum atomic E-state index is -0.759. The van der Waals surface area contributed by atoms with Gasteiger partial charge >= 0.3 is 17.9 Å². The maximum Gasteiger partial charge on any atom is 0.306 e. The molecule has 57 heavy (non-hydrogen) atoms. The van der Waals surface area contributed by atoms with E-state index in [9.17, 15) is 14.4 Å². The first-order chi connectivity index (χ1) is 27.9. The average Bonchev–Trinajstić information content (AvgIpc) is 3.19. The molecule has 0 bridgehead atoms. The number of carbonyl (C=O) groups is 3. The molecule has 0 aromatic rings. The highest BCUT2D eigenvalue weighted by Gasteiger charge is 2.19. The lowest BCUT2D eigenvalue weighted by Gasteiger charge is -2.18. The van der Waals surface area contributed by atoms with Gasteiger partial charge in [-0.2, -0.15) is 0 Å². The molecule has 0 aromatic carbocycles. The summed E-state index contributed by atoms with van der Waals surface area (Å²) < 4.78 is 16.7. The molecular formula is C51H98O6. The predicted octanol–water partition coefficient (Wildman–Crippen LogP) is 16.3. The van der Waals surface area contributed by atoms with Crippen molar-refractivity contribution in [2.45, 2.75) is 291 Å². The summed E-state index contributed by atoms with van der Waals surface area (Å²) in [4.78, 5) is 37.7. The second-order valence-electron chi connectivity index (χ2n) is 17.9. The highest BCUT2D eigenvalue weighted by molar-refractivity contribution is 5.71. The van der Waals surface area contributed by atoms with Gasteiger partial charge in [-0.25, -0.2) is 0 Å². The van der Waals surface area contributed by atoms with Gasteiger partial charge in [0, 0.05) is 19.3 Å². The van der Waals surface area contributed by atoms with E-state index in [1.165, 1.54) is 180 Å². The van der Waals surface area contributed by atoms with Crippen LogP contribution in [0.4, 0.5) is 0 Å². The fourth-order valence-corrected chi connectivity index (χ4v) is 7.69. The van der Waals surface area contributed by atoms with E-state index in [2.05, 4.69) is 27.7 Å². The lowest BCUT2D eigenvalue weighted by Crippen LogP contribution is -2.30. The highest BCUT2D eigenvalue weighted by Crippen LogP contribution is 2.17. The van der Waals surface area contributed by atoms with Crippen molar-refractivity contribution < 1.29 is 28.6 Å². The van der Waals surface area contributed by atoms with Gasteiger partial charge in [0.25, 0.3) is 0 Å². The molecule has 0 fully saturated rings. The summed E-state index contributed by atoms with van der Waals surface area (Å²) in [5, 5.41) is 0. The van der Waals surface area contributed by atoms with Gasteiger partial charge in [0.1, 0.15) is 13.2 Å². The van der Waals surface area contributed by atoms with Gasteiger partial charge in [0.15, 0.2) is 6.10 Å². The molecule has 6 nitrogen and oxygen atoms in total. The lowest BCUT2D eigenvalue weighted by atomic mass is 10.0. The first kappa shape index (κ1) is 55.4. The Morgan fingerprint density at radius 3 is 0.860 bits per heavy atom. The topological polar surface area (TPSA) is 78.9 Å². The van der Waals surface area contributed by atoms with E-state index in [1.54, 1.807) is 0 Å². The van der Waals surface area contributed by atoms with Crippen molar-refractivity contribution in [1.29, 1.82) is 0 Å². The maximum atomic E-state index is 12.7. The summed E-state index contributed by atoms with van der Waals surface area (Å²) in [5.74, 6) is -0.0264. The van der Waals surface area contributed by atoms with Crippen molar-refractivity contribution in [3.63, 3.8) is 0 Å². The monoisotopic (exact) mass is 807 g/mol. The molecule has 0 aliphatic carbocycles. The molecule has 1 atom stereocenters. The Hall–Kier alpha value is -1.59. The number of esters is 3. The normalized spacial score (nSPS) is 11.9. The summed E-state index contributed by atoms with van der Waals surface area (Å²) in [5.41, 5.74) is 0. The number of hydrogen-bond donors (Lipinski definition) is 0. The molecule has 0 rings (SSSR count). The summed E-state index contributed by atoms with van der Waals surface area (Å²) >= 11 is 0. The van der Waals surface area contributed by atoms with Crippen LogP contribution in [0.5, 0.6) is 0 Å². The van der Waals surface area contributed by atoms with Crippen molar-refractivity contribution in [3.05, 3.63) is 0 Å². The van der Waals surface area contributed by atoms with Crippen LogP contribution in [0.1, 0.15) is 285 Å². The molecule has 0 aromatic heterocycles. The molecule has 0 saturated carbocycles. The van der Waals surface area contributed by atoms with E-state index < -0.39 is 6.10 Å². The van der Waals surface area contributed by atoms with E-state index in [-0.39, 0.29) is 31.1 Å². The maximum absolute atomic E-state index is 12.7. The Morgan fingerprint density at radius 1 is 0.333 bits per heavy atom. The summed E-state index contributed by atoms with van der Waals surface area (Å²) in [6.07, 6.45) is 46.7. The van der Waals surface area contributed by atoms with Gasteiger partial charge in [-0.3, -0.25) is 14.4 Å². The SMILES string of the molecule is CCCCCCCCCCCCCCCCCCCCC(=O)O[C@H](COC(=O)CCCCCCCCC)COC(=O)CCCCCCCCCCCCCC(C)C. The van der Waals surface area contributed by atoms with Crippen LogP contribution in [0.25, 0.3) is 0 Å². The first-order valence-corrected chi connectivity index (χ1v) is 25.4. The van der Waals surface area contributed by atoms with Crippen LogP contribution >= 0.6 is 0 Å². The van der Waals surface area contributed by atoms with Crippen LogP contribution < -0.4 is 0 Å². The number of rotatable bonds is 46. The molecule has 0 unspecified atom stereocenters. The smallest absolute Gasteiger partial charge is 0.306 e. The number of ether oxygens (including phenoxy) is 3. The molecule has 0 saturated heterocycles. The Balaban J connectivity index is 4.20. The Bertz CT molecular complexity index is 857. The third kappa shape index (κ3) is 45.3. The molecule has 0 spiro atoms. The average molecular weight is 807 g/mol. The van der Waals surface area contributed by atoms with E-state index in [1.807, 2.05) is 0 Å². The van der Waals surface area contributed by atoms with Crippen molar-refractivity contribution in [2.75, 3.05) is 13.2 Å². The molecule has 0 N–H and O–H groups in total. The highest BCUT2D eigenvalue weighted by atomic mass is 16.6. The van der Waals surface area contributed by atoms with Gasteiger partial charge < -0.3 is 14.2 Å². The Labute approximate surface area is 355 Å². The number of unbranched alkanes of at least 4 members (excludes halogenated alkanes) is 33. The third-order valence-electron chi connectivity index (χ3n) is 11.5. The van der Waals surface area contributed by atoms with Crippen LogP contribution in [0.15, 0.2) is 0 Å². The first-order valence-electron chi connectivity index (χ1n) is 25.4. The minimum absolute atomic E-state index is 0.0636. The van der Waals surface area contributed by atoms with Crippen LogP contribution in [0, 0.1) is 5.92 Å². The molecule has 338 valence electrons. The molecule has 0 heterocycles. The van der Waals surface area contributed by atoms with E-state index in [0.29, 0.717) is 19.3 Å². The second kappa shape index (κ2) is 45.5. The molecule has 0 aliphatic heterocycles. The molecule has 0 amide bonds. The zero-order chi connectivity index (χ0) is 41.7. The van der Waals surface area contributed by atoms with Gasteiger partial charge in [-0.05, 0) is 25.2 Å². The summed E-state index contributed by atoms with van der Waals surface area (Å²) in [6, 6.07) is 0. The predicted molar refractivity (Wildman–Crippen MR) is 243 cm³/mol. The van der Waals surface area contributed by atoms with Crippen molar-refractivity contribution >= 4 is 17.9 Å². The summed E-state index contributed by atoms with van der Waals surface area (Å²) in [7, 11) is 0. The minimum Gasteiger partial charge on any atom is -0.462 e. The lowest BCUT2D eigenvalue weighted by molar-refractivity contribution is -0.167. The fraction of sp³-hybridized carbons (Fsp3) is 0.941. The van der Waals surface area contributed by atoms with E-state index in [0.717, 1.165) is 63.7 Å². The zero-order valence-corrected chi connectivity index (χ0v) is 38.8. The largest absolute Gasteiger partial charge is 0.462 e. The van der Waals surface area contributed by atoms with Gasteiger partial charge in [-0.1, -0.05) is 246 Å². The molecule has 0 aliphatic rings. The Kier molecular flexibility index (Phi) is 44.2. The van der Waals surface area contributed by atoms with E-state index in [4.69, 9.17) is 14.2 Å². The van der Waals surface area contributed by atoms with Gasteiger partial charge in [0.2, 0.25) is 0 Å². The van der Waals surface area contributed by atoms with Gasteiger partial charge in [0.05, 0.1) is 0 Å². The quantitative estimate of drug-likeness (QED) is 0.0346. The second-order valence-corrected chi connectivity index (χ2v) is 17.9. The molecule has 0 radical (unpaired) electrons. The Morgan fingerprint density at radius 2 is 0.579 bits per heavy atom. The third-order valence-corrected chi connectivity index (χ3v) is 11.5. The van der Waals surface area contributed by atoms with Crippen molar-refractivity contribution in [1.82, 2.24) is 0 Å². The van der Waals surface area contributed by atoms with Crippen LogP contribution in [-0.4, -0.2) is 37.2 Å². The standard InChI is InChI=1S/C51H98O6/c1-5-7-9-11-13-14-15-16-17-18-19-20-21-24-28-32-36-40-44-51(54)57-48(45-55-49(52)42-38-34-29-12-10-8-6-2)46-56-50(53)43-39-35-31-27-25-22-23-26-30-33-37-41-47(3)4/h47-48H,5-46H2,1-4H3/t48-/m1/s1. The number of carbonyl (C=O) groups excluding carboxylic acids is 3. The van der Waals surface area contributed by atoms with Crippen molar-refractivity contribution in [3.8, 4) is 0 Å². The van der Waals surface area contributed by atoms with Crippen LogP contribution in [0.2, 0.25) is 0 Å². The van der Waals surface area contributed by atoms with Crippen LogP contribution in [0.3, 0.4) is 0 Å².